The second kappa shape index (κ2) is 5.31. The molecule has 0 aliphatic carbocycles. The maximum absolute atomic E-state index is 13.3. The van der Waals surface area contributed by atoms with Crippen LogP contribution in [0.4, 0.5) is 13.2 Å². The minimum Gasteiger partial charge on any atom is -0.464 e. The molecule has 0 bridgehead atoms. The van der Waals surface area contributed by atoms with Gasteiger partial charge in [0.2, 0.25) is 0 Å². The number of carbonyl (C=O) groups excluding carboxylic acids is 1. The normalized spacial score (nSPS) is 11.9. The van der Waals surface area contributed by atoms with E-state index >= 15 is 0 Å². The van der Waals surface area contributed by atoms with Gasteiger partial charge in [0.1, 0.15) is 10.9 Å². The first-order chi connectivity index (χ1) is 10.8. The number of nitrogens with zero attached hydrogens (tertiary/aromatic N) is 2. The summed E-state index contributed by atoms with van der Waals surface area (Å²) in [5, 5.41) is -0.272. The molecule has 3 heterocycles. The van der Waals surface area contributed by atoms with E-state index in [2.05, 4.69) is 9.72 Å². The van der Waals surface area contributed by atoms with E-state index in [0.717, 1.165) is 17.6 Å². The maximum Gasteiger partial charge on any atom is 0.420 e. The van der Waals surface area contributed by atoms with Crippen molar-refractivity contribution in [3.63, 3.8) is 0 Å². The number of aromatic nitrogens is 2. The van der Waals surface area contributed by atoms with Gasteiger partial charge in [0.25, 0.3) is 0 Å². The summed E-state index contributed by atoms with van der Waals surface area (Å²) in [5.74, 6) is -0.701. The average Bonchev–Trinajstić information content (AvgIpc) is 3.13. The molecule has 0 spiro atoms. The van der Waals surface area contributed by atoms with Gasteiger partial charge in [-0.1, -0.05) is 11.6 Å². The fraction of sp³-hybridized carbons (Fsp3) is 0.143. The van der Waals surface area contributed by atoms with Crippen LogP contribution >= 0.6 is 11.6 Å². The minimum absolute atomic E-state index is 0.144. The number of carbonyl (C=O) groups is 1. The van der Waals surface area contributed by atoms with Crippen molar-refractivity contribution < 1.29 is 27.1 Å². The van der Waals surface area contributed by atoms with Gasteiger partial charge < -0.3 is 9.15 Å². The molecule has 120 valence electrons. The Balaban J connectivity index is 2.35. The molecule has 0 aliphatic rings. The van der Waals surface area contributed by atoms with Crippen molar-refractivity contribution in [3.05, 3.63) is 47.1 Å². The zero-order valence-corrected chi connectivity index (χ0v) is 12.3. The molecule has 0 N–H and O–H groups in total. The minimum atomic E-state index is -4.69. The molecule has 0 radical (unpaired) electrons. The number of methoxy groups -OCH3 is 1. The van der Waals surface area contributed by atoms with Gasteiger partial charge in [-0.3, -0.25) is 4.40 Å². The number of esters is 1. The first-order valence-corrected chi connectivity index (χ1v) is 6.61. The molecule has 3 aromatic rings. The molecule has 0 aliphatic heterocycles. The second-order valence-corrected chi connectivity index (χ2v) is 4.91. The van der Waals surface area contributed by atoms with Crippen molar-refractivity contribution in [2.45, 2.75) is 6.18 Å². The van der Waals surface area contributed by atoms with Crippen LogP contribution in [0, 0.1) is 0 Å². The van der Waals surface area contributed by atoms with Gasteiger partial charge in [0.05, 0.1) is 18.9 Å². The Hall–Kier alpha value is -2.48. The van der Waals surface area contributed by atoms with Crippen molar-refractivity contribution in [2.75, 3.05) is 7.11 Å². The highest BCUT2D eigenvalue weighted by atomic mass is 35.5. The number of fused-ring (bicyclic) bond motifs is 1. The van der Waals surface area contributed by atoms with Crippen LogP contribution in [0.25, 0.3) is 17.0 Å². The van der Waals surface area contributed by atoms with Crippen molar-refractivity contribution in [1.29, 1.82) is 0 Å². The summed E-state index contributed by atoms with van der Waals surface area (Å²) >= 11 is 5.99. The van der Waals surface area contributed by atoms with Gasteiger partial charge >= 0.3 is 12.1 Å². The van der Waals surface area contributed by atoms with Crippen LogP contribution < -0.4 is 0 Å². The smallest absolute Gasteiger partial charge is 0.420 e. The summed E-state index contributed by atoms with van der Waals surface area (Å²) in [4.78, 5) is 15.3. The lowest BCUT2D eigenvalue weighted by Gasteiger charge is -2.10. The molecule has 3 aromatic heterocycles. The average molecular weight is 345 g/mol. The van der Waals surface area contributed by atoms with Crippen LogP contribution in [0.5, 0.6) is 0 Å². The first kappa shape index (κ1) is 15.4. The molecule has 0 fully saturated rings. The zero-order valence-electron chi connectivity index (χ0n) is 11.5. The van der Waals surface area contributed by atoms with Crippen molar-refractivity contribution in [3.8, 4) is 11.3 Å². The van der Waals surface area contributed by atoms with Crippen LogP contribution in [-0.4, -0.2) is 22.5 Å². The number of furan rings is 1. The third-order valence-electron chi connectivity index (χ3n) is 3.15. The van der Waals surface area contributed by atoms with E-state index < -0.39 is 29.1 Å². The van der Waals surface area contributed by atoms with Gasteiger partial charge in [-0.2, -0.15) is 13.2 Å². The van der Waals surface area contributed by atoms with Crippen molar-refractivity contribution >= 4 is 23.2 Å². The predicted octanol–water partition coefficient (Wildman–Crippen LogP) is 4.05. The molecular weight excluding hydrogens is 337 g/mol. The first-order valence-electron chi connectivity index (χ1n) is 6.24. The molecule has 0 unspecified atom stereocenters. The highest BCUT2D eigenvalue weighted by molar-refractivity contribution is 6.32. The summed E-state index contributed by atoms with van der Waals surface area (Å²) in [6.45, 7) is 0. The van der Waals surface area contributed by atoms with Gasteiger partial charge in [-0.25, -0.2) is 9.78 Å². The van der Waals surface area contributed by atoms with Crippen LogP contribution in [-0.2, 0) is 10.9 Å². The van der Waals surface area contributed by atoms with Gasteiger partial charge in [0, 0.05) is 11.8 Å². The third kappa shape index (κ3) is 2.55. The third-order valence-corrected chi connectivity index (χ3v) is 3.51. The standard InChI is InChI=1S/C14H8ClF3N2O3/c1-22-13(21)10-11(15)20-6-7(9-3-2-4-23-9)5-8(12(20)19-10)14(16,17)18/h2-6H,1H3. The van der Waals surface area contributed by atoms with Crippen LogP contribution in [0.1, 0.15) is 16.1 Å². The Kier molecular flexibility index (Phi) is 3.56. The number of alkyl halides is 3. The molecule has 0 aromatic carbocycles. The fourth-order valence-electron chi connectivity index (χ4n) is 2.13. The molecule has 0 saturated carbocycles. The van der Waals surface area contributed by atoms with Gasteiger partial charge in [-0.05, 0) is 18.2 Å². The molecular formula is C14H8ClF3N2O3. The Labute approximate surface area is 132 Å². The number of hydrogen-bond acceptors (Lipinski definition) is 4. The Morgan fingerprint density at radius 1 is 1.43 bits per heavy atom. The van der Waals surface area contributed by atoms with Gasteiger partial charge in [-0.15, -0.1) is 0 Å². The van der Waals surface area contributed by atoms with E-state index in [0.29, 0.717) is 0 Å². The zero-order chi connectivity index (χ0) is 16.8. The van der Waals surface area contributed by atoms with E-state index in [1.165, 1.54) is 18.5 Å². The highest BCUT2D eigenvalue weighted by Gasteiger charge is 2.36. The van der Waals surface area contributed by atoms with E-state index in [4.69, 9.17) is 16.0 Å². The van der Waals surface area contributed by atoms with E-state index in [9.17, 15) is 18.0 Å². The monoisotopic (exact) mass is 344 g/mol. The lowest BCUT2D eigenvalue weighted by molar-refractivity contribution is -0.136. The number of ether oxygens (including phenoxy) is 1. The Bertz CT molecular complexity index is 885. The molecule has 3 rings (SSSR count). The van der Waals surface area contributed by atoms with E-state index in [1.54, 1.807) is 6.07 Å². The lowest BCUT2D eigenvalue weighted by atomic mass is 10.1. The molecule has 5 nitrogen and oxygen atoms in total. The highest BCUT2D eigenvalue weighted by Crippen LogP contribution is 2.37. The predicted molar refractivity (Wildman–Crippen MR) is 74.2 cm³/mol. The fourth-order valence-corrected chi connectivity index (χ4v) is 2.38. The second-order valence-electron chi connectivity index (χ2n) is 4.55. The number of imidazole rings is 1. The molecule has 23 heavy (non-hydrogen) atoms. The number of hydrogen-bond donors (Lipinski definition) is 0. The SMILES string of the molecule is COC(=O)c1nc2c(C(F)(F)F)cc(-c3ccco3)cn2c1Cl. The van der Waals surface area contributed by atoms with Gasteiger partial charge in [0.15, 0.2) is 11.3 Å². The summed E-state index contributed by atoms with van der Waals surface area (Å²) < 4.78 is 50.5. The molecule has 0 amide bonds. The molecule has 0 atom stereocenters. The van der Waals surface area contributed by atoms with E-state index in [-0.39, 0.29) is 16.5 Å². The van der Waals surface area contributed by atoms with Crippen LogP contribution in [0.3, 0.4) is 0 Å². The number of pyridine rings is 1. The molecule has 9 heteroatoms. The topological polar surface area (TPSA) is 56.7 Å². The van der Waals surface area contributed by atoms with Crippen LogP contribution in [0.2, 0.25) is 5.15 Å². The summed E-state index contributed by atoms with van der Waals surface area (Å²) in [5.41, 5.74) is -1.77. The Morgan fingerprint density at radius 2 is 2.17 bits per heavy atom. The maximum atomic E-state index is 13.3. The lowest BCUT2D eigenvalue weighted by Crippen LogP contribution is -2.08. The largest absolute Gasteiger partial charge is 0.464 e. The van der Waals surface area contributed by atoms with E-state index in [1.807, 2.05) is 0 Å². The summed E-state index contributed by atoms with van der Waals surface area (Å²) in [6, 6.07) is 3.94. The number of rotatable bonds is 2. The number of halogens is 4. The Morgan fingerprint density at radius 3 is 2.74 bits per heavy atom. The summed E-state index contributed by atoms with van der Waals surface area (Å²) in [7, 11) is 1.08. The van der Waals surface area contributed by atoms with Crippen LogP contribution in [0.15, 0.2) is 35.1 Å². The molecule has 0 saturated heterocycles. The summed E-state index contributed by atoms with van der Waals surface area (Å²) in [6.07, 6.45) is -2.04. The van der Waals surface area contributed by atoms with Crippen molar-refractivity contribution in [2.24, 2.45) is 0 Å². The van der Waals surface area contributed by atoms with Crippen molar-refractivity contribution in [1.82, 2.24) is 9.38 Å². The quantitative estimate of drug-likeness (QED) is 0.658.